The van der Waals surface area contributed by atoms with Gasteiger partial charge in [0.05, 0.1) is 4.47 Å². The van der Waals surface area contributed by atoms with Crippen molar-refractivity contribution in [2.24, 2.45) is 0 Å². The first-order valence-electron chi connectivity index (χ1n) is 10.1. The minimum Gasteiger partial charge on any atom is -0.483 e. The molecule has 1 N–H and O–H groups in total. The molecule has 0 radical (unpaired) electrons. The van der Waals surface area contributed by atoms with Crippen molar-refractivity contribution in [3.63, 3.8) is 0 Å². The lowest BCUT2D eigenvalue weighted by molar-refractivity contribution is -0.142. The van der Waals surface area contributed by atoms with Crippen LogP contribution in [0.25, 0.3) is 10.8 Å². The molecule has 1 unspecified atom stereocenters. The van der Waals surface area contributed by atoms with Crippen LogP contribution in [0.3, 0.4) is 0 Å². The summed E-state index contributed by atoms with van der Waals surface area (Å²) in [6.07, 6.45) is 0.424. The Hall–Kier alpha value is -2.28. The molecule has 3 aromatic rings. The van der Waals surface area contributed by atoms with Crippen LogP contribution >= 0.6 is 39.1 Å². The Bertz CT molecular complexity index is 1120. The minimum absolute atomic E-state index is 0.0888. The number of hydrogen-bond acceptors (Lipinski definition) is 3. The first kappa shape index (κ1) is 24.4. The largest absolute Gasteiger partial charge is 0.483 e. The summed E-state index contributed by atoms with van der Waals surface area (Å²) in [7, 11) is 1.54. The van der Waals surface area contributed by atoms with Crippen LogP contribution in [0.2, 0.25) is 10.0 Å². The Morgan fingerprint density at radius 1 is 1.06 bits per heavy atom. The zero-order chi connectivity index (χ0) is 23.3. The van der Waals surface area contributed by atoms with Gasteiger partial charge in [-0.3, -0.25) is 9.59 Å². The van der Waals surface area contributed by atoms with Crippen LogP contribution < -0.4 is 10.1 Å². The molecule has 2 amide bonds. The smallest absolute Gasteiger partial charge is 0.261 e. The van der Waals surface area contributed by atoms with E-state index in [-0.39, 0.29) is 25.0 Å². The number of hydrogen-bond donors (Lipinski definition) is 1. The molecule has 0 saturated heterocycles. The maximum atomic E-state index is 13.3. The second kappa shape index (κ2) is 11.0. The molecular formula is C24H23BrCl2N2O3. The molecule has 0 aliphatic carbocycles. The van der Waals surface area contributed by atoms with Crippen LogP contribution in [0.1, 0.15) is 18.9 Å². The third-order valence-corrected chi connectivity index (χ3v) is 6.73. The third kappa shape index (κ3) is 5.37. The van der Waals surface area contributed by atoms with Crippen molar-refractivity contribution in [3.8, 4) is 5.75 Å². The van der Waals surface area contributed by atoms with Gasteiger partial charge in [0.2, 0.25) is 5.91 Å². The van der Waals surface area contributed by atoms with Crippen LogP contribution in [0.4, 0.5) is 0 Å². The highest BCUT2D eigenvalue weighted by atomic mass is 79.9. The van der Waals surface area contributed by atoms with E-state index in [9.17, 15) is 9.59 Å². The van der Waals surface area contributed by atoms with Crippen molar-refractivity contribution in [1.82, 2.24) is 10.2 Å². The molecule has 3 rings (SSSR count). The predicted molar refractivity (Wildman–Crippen MR) is 132 cm³/mol. The van der Waals surface area contributed by atoms with Crippen molar-refractivity contribution in [2.45, 2.75) is 25.9 Å². The molecule has 8 heteroatoms. The molecule has 0 heterocycles. The highest BCUT2D eigenvalue weighted by Crippen LogP contribution is 2.33. The lowest BCUT2D eigenvalue weighted by Crippen LogP contribution is -2.49. The van der Waals surface area contributed by atoms with Gasteiger partial charge in [-0.15, -0.1) is 0 Å². The molecule has 5 nitrogen and oxygen atoms in total. The number of carbonyl (C=O) groups excluding carboxylic acids is 2. The Labute approximate surface area is 205 Å². The lowest BCUT2D eigenvalue weighted by atomic mass is 10.1. The number of fused-ring (bicyclic) bond motifs is 1. The number of carbonyl (C=O) groups is 2. The van der Waals surface area contributed by atoms with Crippen molar-refractivity contribution < 1.29 is 14.3 Å². The van der Waals surface area contributed by atoms with Gasteiger partial charge in [-0.05, 0) is 51.3 Å². The van der Waals surface area contributed by atoms with E-state index in [1.165, 1.54) is 4.90 Å². The summed E-state index contributed by atoms with van der Waals surface area (Å²) in [5.74, 6) is -0.0758. The highest BCUT2D eigenvalue weighted by molar-refractivity contribution is 9.10. The Kier molecular flexibility index (Phi) is 8.40. The molecular weight excluding hydrogens is 515 g/mol. The second-order valence-corrected chi connectivity index (χ2v) is 8.76. The predicted octanol–water partition coefficient (Wildman–Crippen LogP) is 5.84. The SMILES string of the molecule is CCC(C(=O)NC)N(Cc1c(Cl)cccc1Cl)C(=O)COc1ccc2ccccc2c1Br. The van der Waals surface area contributed by atoms with Crippen LogP contribution in [-0.2, 0) is 16.1 Å². The number of nitrogens with zero attached hydrogens (tertiary/aromatic N) is 1. The number of likely N-dealkylation sites (N-methyl/N-ethyl adjacent to an activating group) is 1. The molecule has 1 atom stereocenters. The van der Waals surface area contributed by atoms with Gasteiger partial charge in [-0.1, -0.05) is 66.5 Å². The highest BCUT2D eigenvalue weighted by Gasteiger charge is 2.29. The van der Waals surface area contributed by atoms with E-state index >= 15 is 0 Å². The summed E-state index contributed by atoms with van der Waals surface area (Å²) < 4.78 is 6.62. The van der Waals surface area contributed by atoms with E-state index in [4.69, 9.17) is 27.9 Å². The standard InChI is InChI=1S/C24H23BrCl2N2O3/c1-3-20(24(31)28-2)29(13-17-18(26)9-6-10-19(17)27)22(30)14-32-21-12-11-15-7-4-5-8-16(15)23(21)25/h4-12,20H,3,13-14H2,1-2H3,(H,28,31). The summed E-state index contributed by atoms with van der Waals surface area (Å²) in [6, 6.07) is 16.1. The molecule has 0 fully saturated rings. The van der Waals surface area contributed by atoms with Gasteiger partial charge in [0.15, 0.2) is 6.61 Å². The van der Waals surface area contributed by atoms with Crippen LogP contribution in [0, 0.1) is 0 Å². The van der Waals surface area contributed by atoms with Crippen molar-refractivity contribution in [1.29, 1.82) is 0 Å². The summed E-state index contributed by atoms with van der Waals surface area (Å²) in [4.78, 5) is 27.2. The Morgan fingerprint density at radius 3 is 2.41 bits per heavy atom. The first-order chi connectivity index (χ1) is 15.4. The minimum atomic E-state index is -0.691. The fraction of sp³-hybridized carbons (Fsp3) is 0.250. The molecule has 0 aromatic heterocycles. The van der Waals surface area contributed by atoms with Gasteiger partial charge in [-0.2, -0.15) is 0 Å². The van der Waals surface area contributed by atoms with Crippen molar-refractivity contribution in [2.75, 3.05) is 13.7 Å². The number of benzene rings is 3. The van der Waals surface area contributed by atoms with Gasteiger partial charge < -0.3 is 15.0 Å². The molecule has 0 spiro atoms. The third-order valence-electron chi connectivity index (χ3n) is 5.20. The number of halogens is 3. The second-order valence-electron chi connectivity index (χ2n) is 7.15. The average Bonchev–Trinajstić information content (AvgIpc) is 2.80. The number of rotatable bonds is 8. The number of nitrogens with one attached hydrogen (secondary N) is 1. The van der Waals surface area contributed by atoms with Crippen LogP contribution in [0.15, 0.2) is 59.1 Å². The average molecular weight is 538 g/mol. The Morgan fingerprint density at radius 2 is 1.75 bits per heavy atom. The van der Waals surface area contributed by atoms with Gasteiger partial charge in [0, 0.05) is 29.2 Å². The zero-order valence-electron chi connectivity index (χ0n) is 17.7. The van der Waals surface area contributed by atoms with Gasteiger partial charge in [-0.25, -0.2) is 0 Å². The maximum Gasteiger partial charge on any atom is 0.261 e. The number of amides is 2. The van der Waals surface area contributed by atoms with E-state index in [1.54, 1.807) is 25.2 Å². The Balaban J connectivity index is 1.86. The lowest BCUT2D eigenvalue weighted by Gasteiger charge is -2.30. The van der Waals surface area contributed by atoms with Gasteiger partial charge in [0.25, 0.3) is 5.91 Å². The quantitative estimate of drug-likeness (QED) is 0.392. The van der Waals surface area contributed by atoms with Gasteiger partial charge >= 0.3 is 0 Å². The summed E-state index contributed by atoms with van der Waals surface area (Å²) in [5.41, 5.74) is 0.582. The van der Waals surface area contributed by atoms with E-state index in [1.807, 2.05) is 43.3 Å². The molecule has 32 heavy (non-hydrogen) atoms. The molecule has 168 valence electrons. The van der Waals surface area contributed by atoms with Crippen LogP contribution in [0.5, 0.6) is 5.75 Å². The zero-order valence-corrected chi connectivity index (χ0v) is 20.8. The molecule has 0 saturated carbocycles. The molecule has 0 aliphatic heterocycles. The fourth-order valence-corrected chi connectivity index (χ4v) is 4.61. The van der Waals surface area contributed by atoms with E-state index in [0.717, 1.165) is 15.2 Å². The maximum absolute atomic E-state index is 13.3. The normalized spacial score (nSPS) is 11.8. The monoisotopic (exact) mass is 536 g/mol. The molecule has 0 bridgehead atoms. The topological polar surface area (TPSA) is 58.6 Å². The fourth-order valence-electron chi connectivity index (χ4n) is 3.49. The molecule has 3 aromatic carbocycles. The first-order valence-corrected chi connectivity index (χ1v) is 11.7. The van der Waals surface area contributed by atoms with Crippen molar-refractivity contribution in [3.05, 3.63) is 74.7 Å². The number of ether oxygens (including phenoxy) is 1. The summed E-state index contributed by atoms with van der Waals surface area (Å²) in [6.45, 7) is 1.69. The van der Waals surface area contributed by atoms with E-state index in [0.29, 0.717) is 27.8 Å². The van der Waals surface area contributed by atoms with Crippen molar-refractivity contribution >= 4 is 61.7 Å². The molecule has 0 aliphatic rings. The van der Waals surface area contributed by atoms with E-state index < -0.39 is 6.04 Å². The van der Waals surface area contributed by atoms with Crippen LogP contribution in [-0.4, -0.2) is 36.4 Å². The van der Waals surface area contributed by atoms with Gasteiger partial charge in [0.1, 0.15) is 11.8 Å². The van der Waals surface area contributed by atoms with E-state index in [2.05, 4.69) is 21.2 Å². The summed E-state index contributed by atoms with van der Waals surface area (Å²) >= 11 is 16.2. The summed E-state index contributed by atoms with van der Waals surface area (Å²) in [5, 5.41) is 5.52.